The smallest absolute Gasteiger partial charge is 0.367 e. The quantitative estimate of drug-likeness (QED) is 0.684. The molecule has 0 aliphatic heterocycles. The predicted molar refractivity (Wildman–Crippen MR) is 102 cm³/mol. The monoisotopic (exact) mass is 372 g/mol. The Morgan fingerprint density at radius 3 is 2.89 bits per heavy atom. The zero-order chi connectivity index (χ0) is 19.4. The number of ether oxygens (including phenoxy) is 1. The van der Waals surface area contributed by atoms with E-state index in [0.29, 0.717) is 23.2 Å². The number of nitrogens with one attached hydrogen (secondary N) is 2. The van der Waals surface area contributed by atoms with E-state index in [1.54, 1.807) is 31.6 Å². The molecule has 1 fully saturated rings. The van der Waals surface area contributed by atoms with Crippen molar-refractivity contribution in [1.82, 2.24) is 9.97 Å². The van der Waals surface area contributed by atoms with Crippen LogP contribution >= 0.6 is 0 Å². The molecule has 1 aliphatic rings. The van der Waals surface area contributed by atoms with Crippen molar-refractivity contribution in [2.75, 3.05) is 24.4 Å². The largest absolute Gasteiger partial charge is 0.448 e. The number of carbonyl (C=O) groups excluding carboxylic acids is 1. The van der Waals surface area contributed by atoms with Crippen molar-refractivity contribution >= 4 is 23.2 Å². The fourth-order valence-electron chi connectivity index (χ4n) is 3.38. The zero-order valence-electron chi connectivity index (χ0n) is 15.6. The molecule has 2 atom stereocenters. The summed E-state index contributed by atoms with van der Waals surface area (Å²) in [5.41, 5.74) is 12.5. The molecule has 1 aliphatic carbocycles. The van der Waals surface area contributed by atoms with E-state index in [1.165, 1.54) is 0 Å². The number of anilines is 3. The molecule has 6 N–H and O–H groups in total. The second-order valence-corrected chi connectivity index (χ2v) is 6.69. The van der Waals surface area contributed by atoms with Gasteiger partial charge in [-0.15, -0.1) is 0 Å². The number of methoxy groups -OCH3 is 1. The van der Waals surface area contributed by atoms with Crippen LogP contribution in [0.4, 0.5) is 17.3 Å². The first-order chi connectivity index (χ1) is 13.0. The molecule has 2 aromatic rings. The van der Waals surface area contributed by atoms with E-state index < -0.39 is 5.91 Å². The number of rotatable bonds is 6. The zero-order valence-corrected chi connectivity index (χ0v) is 15.6. The van der Waals surface area contributed by atoms with Gasteiger partial charge in [0.15, 0.2) is 17.7 Å². The van der Waals surface area contributed by atoms with Gasteiger partial charge in [0.1, 0.15) is 5.82 Å². The number of carbonyl (C=O) groups is 1. The second kappa shape index (κ2) is 8.17. The van der Waals surface area contributed by atoms with Gasteiger partial charge in [-0.1, -0.05) is 12.8 Å². The van der Waals surface area contributed by atoms with E-state index in [2.05, 4.69) is 20.3 Å². The number of aromatic amines is 1. The number of H-pyrrole nitrogens is 1. The van der Waals surface area contributed by atoms with Crippen molar-refractivity contribution in [3.05, 3.63) is 30.2 Å². The minimum atomic E-state index is -0.650. The second-order valence-electron chi connectivity index (χ2n) is 6.69. The number of hydrogen-bond acceptors (Lipinski definition) is 7. The molecule has 1 saturated carbocycles. The number of nitrogens with two attached hydrogens (primary N) is 2. The summed E-state index contributed by atoms with van der Waals surface area (Å²) < 4.78 is 5.18. The summed E-state index contributed by atoms with van der Waals surface area (Å²) in [6.45, 7) is 0. The van der Waals surface area contributed by atoms with Gasteiger partial charge in [0.25, 0.3) is 5.91 Å². The molecule has 27 heavy (non-hydrogen) atoms. The van der Waals surface area contributed by atoms with E-state index in [-0.39, 0.29) is 17.8 Å². The number of aromatic nitrogens is 3. The van der Waals surface area contributed by atoms with E-state index in [0.717, 1.165) is 25.7 Å². The SMILES string of the molecule is COc1cc(Nc2nc(N(C)C3CCCCC3N)cnc2C(N)=O)cc[nH+]1. The fourth-order valence-corrected chi connectivity index (χ4v) is 3.38. The first-order valence-corrected chi connectivity index (χ1v) is 8.97. The molecule has 0 aromatic carbocycles. The van der Waals surface area contributed by atoms with Crippen molar-refractivity contribution in [2.45, 2.75) is 37.8 Å². The molecule has 9 heteroatoms. The Balaban J connectivity index is 1.91. The van der Waals surface area contributed by atoms with Crippen LogP contribution in [0.1, 0.15) is 36.2 Å². The third-order valence-corrected chi connectivity index (χ3v) is 4.89. The van der Waals surface area contributed by atoms with E-state index in [9.17, 15) is 4.79 Å². The Hall–Kier alpha value is -2.94. The predicted octanol–water partition coefficient (Wildman–Crippen LogP) is 0.848. The first-order valence-electron chi connectivity index (χ1n) is 8.97. The highest BCUT2D eigenvalue weighted by Crippen LogP contribution is 2.26. The average molecular weight is 372 g/mol. The molecular formula is C18H26N7O2+. The third-order valence-electron chi connectivity index (χ3n) is 4.89. The number of primary amides is 1. The summed E-state index contributed by atoms with van der Waals surface area (Å²) in [4.78, 5) is 25.6. The lowest BCUT2D eigenvalue weighted by Gasteiger charge is -2.36. The number of hydrogen-bond donors (Lipinski definition) is 3. The van der Waals surface area contributed by atoms with Crippen molar-refractivity contribution in [3.8, 4) is 5.88 Å². The normalized spacial score (nSPS) is 19.4. The lowest BCUT2D eigenvalue weighted by molar-refractivity contribution is -0.392. The third kappa shape index (κ3) is 4.25. The Morgan fingerprint density at radius 1 is 1.41 bits per heavy atom. The summed E-state index contributed by atoms with van der Waals surface area (Å²) in [5.74, 6) is 0.849. The van der Waals surface area contributed by atoms with Gasteiger partial charge in [-0.25, -0.2) is 9.97 Å². The van der Waals surface area contributed by atoms with Gasteiger partial charge in [-0.3, -0.25) is 4.79 Å². The van der Waals surface area contributed by atoms with Gasteiger partial charge in [-0.2, -0.15) is 4.98 Å². The lowest BCUT2D eigenvalue weighted by Crippen LogP contribution is -2.48. The molecular weight excluding hydrogens is 346 g/mol. The van der Waals surface area contributed by atoms with Crippen molar-refractivity contribution in [3.63, 3.8) is 0 Å². The van der Waals surface area contributed by atoms with E-state index in [1.807, 2.05) is 11.9 Å². The summed E-state index contributed by atoms with van der Waals surface area (Å²) in [6.07, 6.45) is 7.57. The Morgan fingerprint density at radius 2 is 2.19 bits per heavy atom. The van der Waals surface area contributed by atoms with Crippen LogP contribution in [0.3, 0.4) is 0 Å². The van der Waals surface area contributed by atoms with Crippen LogP contribution in [-0.2, 0) is 0 Å². The molecule has 0 radical (unpaired) electrons. The highest BCUT2D eigenvalue weighted by atomic mass is 16.5. The van der Waals surface area contributed by atoms with E-state index >= 15 is 0 Å². The maximum absolute atomic E-state index is 11.8. The van der Waals surface area contributed by atoms with Crippen LogP contribution in [0.25, 0.3) is 0 Å². The maximum atomic E-state index is 11.8. The standard InChI is InChI=1S/C18H25N7O2/c1-25(13-6-4-3-5-12(13)19)14-10-22-16(17(20)26)18(24-14)23-11-7-8-21-15(9-11)27-2/h7-10,12-13H,3-6,19H2,1-2H3,(H2,20,26)(H,21,23,24)/p+1. The summed E-state index contributed by atoms with van der Waals surface area (Å²) in [6, 6.07) is 3.82. The molecule has 9 nitrogen and oxygen atoms in total. The van der Waals surface area contributed by atoms with Gasteiger partial charge >= 0.3 is 5.88 Å². The Labute approximate surface area is 158 Å². The van der Waals surface area contributed by atoms with Crippen LogP contribution in [0, 0.1) is 0 Å². The van der Waals surface area contributed by atoms with Crippen LogP contribution in [0.5, 0.6) is 5.88 Å². The minimum absolute atomic E-state index is 0.0758. The van der Waals surface area contributed by atoms with Crippen molar-refractivity contribution in [2.24, 2.45) is 11.5 Å². The van der Waals surface area contributed by atoms with Gasteiger partial charge in [0.05, 0.1) is 25.1 Å². The van der Waals surface area contributed by atoms with Gasteiger partial charge in [0.2, 0.25) is 0 Å². The molecule has 2 aromatic heterocycles. The molecule has 2 unspecified atom stereocenters. The molecule has 144 valence electrons. The highest BCUT2D eigenvalue weighted by molar-refractivity contribution is 5.96. The van der Waals surface area contributed by atoms with E-state index in [4.69, 9.17) is 16.2 Å². The van der Waals surface area contributed by atoms with Crippen LogP contribution in [0.2, 0.25) is 0 Å². The van der Waals surface area contributed by atoms with Crippen LogP contribution in [-0.4, -0.2) is 42.1 Å². The molecule has 0 bridgehead atoms. The number of amides is 1. The first kappa shape index (κ1) is 18.8. The van der Waals surface area contributed by atoms with Crippen LogP contribution in [0.15, 0.2) is 24.5 Å². The number of nitrogens with zero attached hydrogens (tertiary/aromatic N) is 3. The van der Waals surface area contributed by atoms with Crippen molar-refractivity contribution < 1.29 is 14.5 Å². The summed E-state index contributed by atoms with van der Waals surface area (Å²) in [7, 11) is 3.52. The maximum Gasteiger partial charge on any atom is 0.367 e. The molecule has 2 heterocycles. The summed E-state index contributed by atoms with van der Waals surface area (Å²) >= 11 is 0. The Kier molecular flexibility index (Phi) is 5.70. The molecule has 0 spiro atoms. The Bertz CT molecular complexity index is 814. The molecule has 0 saturated heterocycles. The van der Waals surface area contributed by atoms with Crippen molar-refractivity contribution in [1.29, 1.82) is 0 Å². The number of pyridine rings is 1. The molecule has 1 amide bonds. The minimum Gasteiger partial charge on any atom is -0.448 e. The summed E-state index contributed by atoms with van der Waals surface area (Å²) in [5, 5.41) is 3.11. The molecule has 3 rings (SSSR count). The topological polar surface area (TPSA) is 134 Å². The van der Waals surface area contributed by atoms with Crippen LogP contribution < -0.4 is 31.4 Å². The highest BCUT2D eigenvalue weighted by Gasteiger charge is 2.27. The lowest BCUT2D eigenvalue weighted by atomic mass is 9.90. The average Bonchev–Trinajstić information content (AvgIpc) is 2.67. The number of likely N-dealkylation sites (N-methyl/N-ethyl adjacent to an activating group) is 1. The van der Waals surface area contributed by atoms with Gasteiger partial charge < -0.3 is 26.4 Å². The van der Waals surface area contributed by atoms with Gasteiger partial charge in [-0.05, 0) is 12.8 Å². The van der Waals surface area contributed by atoms with Gasteiger partial charge in [0, 0.05) is 25.2 Å². The fraction of sp³-hybridized carbons (Fsp3) is 0.444.